The molecule has 0 saturated carbocycles. The van der Waals surface area contributed by atoms with Crippen molar-refractivity contribution in [2.75, 3.05) is 59.0 Å². The molecule has 0 aromatic heterocycles. The van der Waals surface area contributed by atoms with Crippen LogP contribution >= 0.6 is 19.6 Å². The monoisotopic (exact) mass is 528 g/mol. The topological polar surface area (TPSA) is 102 Å². The summed E-state index contributed by atoms with van der Waals surface area (Å²) in [4.78, 5) is 21.4. The minimum atomic E-state index is -4.24. The molecular formula is C24H51NO7PS+. The Bertz CT molecular complexity index is 546. The molecule has 0 rings (SSSR count). The van der Waals surface area contributed by atoms with E-state index in [0.717, 1.165) is 12.2 Å². The molecule has 0 bridgehead atoms. The normalized spacial score (nSPS) is 14.6. The maximum atomic E-state index is 11.8. The first-order valence-electron chi connectivity index (χ1n) is 12.9. The van der Waals surface area contributed by atoms with Crippen LogP contribution in [-0.4, -0.2) is 85.6 Å². The molecular weight excluding hydrogens is 477 g/mol. The largest absolute Gasteiger partial charge is 0.472 e. The number of nitrogens with zero attached hydrogens (tertiary/aromatic N) is 1. The highest BCUT2D eigenvalue weighted by molar-refractivity contribution is 7.99. The van der Waals surface area contributed by atoms with Crippen molar-refractivity contribution in [1.29, 1.82) is 0 Å². The van der Waals surface area contributed by atoms with Crippen molar-refractivity contribution in [3.05, 3.63) is 0 Å². The molecule has 0 aromatic rings. The lowest BCUT2D eigenvalue weighted by atomic mass is 10.1. The second kappa shape index (κ2) is 21.0. The molecule has 0 radical (unpaired) electrons. The van der Waals surface area contributed by atoms with Crippen LogP contribution in [-0.2, 0) is 23.1 Å². The van der Waals surface area contributed by atoms with E-state index in [1.54, 1.807) is 0 Å². The lowest BCUT2D eigenvalue weighted by Crippen LogP contribution is -2.37. The van der Waals surface area contributed by atoms with Crippen LogP contribution in [0.4, 0.5) is 0 Å². The van der Waals surface area contributed by atoms with Crippen LogP contribution in [0.5, 0.6) is 0 Å². The van der Waals surface area contributed by atoms with Gasteiger partial charge >= 0.3 is 13.8 Å². The highest BCUT2D eigenvalue weighted by atomic mass is 32.2. The van der Waals surface area contributed by atoms with Crippen LogP contribution < -0.4 is 0 Å². The fourth-order valence-corrected chi connectivity index (χ4v) is 4.68. The number of carbonyl (C=O) groups is 1. The fraction of sp³-hybridized carbons (Fsp3) is 0.958. The van der Waals surface area contributed by atoms with Crippen molar-refractivity contribution < 1.29 is 37.6 Å². The van der Waals surface area contributed by atoms with E-state index in [1.807, 2.05) is 21.1 Å². The number of ether oxygens (including phenoxy) is 1. The SMILES string of the molecule is CCCCCCCCCCCCCCSCC(=O)OC[C@@H](O)COP(=O)(O)OCC[N+](C)(C)C. The number of esters is 1. The predicted octanol–water partition coefficient (Wildman–Crippen LogP) is 5.16. The summed E-state index contributed by atoms with van der Waals surface area (Å²) in [5.74, 6) is 0.740. The number of carbonyl (C=O) groups excluding carboxylic acids is 1. The van der Waals surface area contributed by atoms with Crippen molar-refractivity contribution in [1.82, 2.24) is 0 Å². The summed E-state index contributed by atoms with van der Waals surface area (Å²) in [5.41, 5.74) is 0. The third-order valence-electron chi connectivity index (χ3n) is 5.25. The number of quaternary nitrogens is 1. The number of unbranched alkanes of at least 4 members (excludes halogenated alkanes) is 11. The molecule has 0 saturated heterocycles. The summed E-state index contributed by atoms with van der Waals surface area (Å²) in [7, 11) is 1.56. The van der Waals surface area contributed by atoms with Crippen LogP contribution in [0.15, 0.2) is 0 Å². The van der Waals surface area contributed by atoms with Gasteiger partial charge in [-0.2, -0.15) is 11.8 Å². The number of hydrogen-bond acceptors (Lipinski definition) is 7. The summed E-state index contributed by atoms with van der Waals surface area (Å²) >= 11 is 1.53. The smallest absolute Gasteiger partial charge is 0.462 e. The number of hydrogen-bond donors (Lipinski definition) is 2. The van der Waals surface area contributed by atoms with Gasteiger partial charge in [-0.1, -0.05) is 77.6 Å². The van der Waals surface area contributed by atoms with Gasteiger partial charge in [0.15, 0.2) is 0 Å². The highest BCUT2D eigenvalue weighted by Gasteiger charge is 2.24. The molecule has 1 unspecified atom stereocenters. The van der Waals surface area contributed by atoms with E-state index in [4.69, 9.17) is 13.8 Å². The Balaban J connectivity index is 3.55. The van der Waals surface area contributed by atoms with Gasteiger partial charge in [-0.25, -0.2) is 4.57 Å². The van der Waals surface area contributed by atoms with E-state index in [1.165, 1.54) is 82.4 Å². The molecule has 0 aliphatic heterocycles. The van der Waals surface area contributed by atoms with Crippen LogP contribution in [0, 0.1) is 0 Å². The molecule has 10 heteroatoms. The average molecular weight is 529 g/mol. The standard InChI is InChI=1S/C24H50NO7PS/c1-5-6-7-8-9-10-11-12-13-14-15-16-19-34-22-24(27)30-20-23(26)21-32-33(28,29)31-18-17-25(2,3)4/h23,26H,5-22H2,1-4H3/p+1/t23-/m1/s1. The molecule has 0 heterocycles. The summed E-state index contributed by atoms with van der Waals surface area (Å²) in [6, 6.07) is 0. The molecule has 0 spiro atoms. The van der Waals surface area contributed by atoms with Crippen LogP contribution in [0.1, 0.15) is 84.0 Å². The number of phosphoric acid groups is 1. The van der Waals surface area contributed by atoms with Gasteiger partial charge in [0, 0.05) is 0 Å². The number of thioether (sulfide) groups is 1. The van der Waals surface area contributed by atoms with Gasteiger partial charge in [0.05, 0.1) is 33.5 Å². The molecule has 0 amide bonds. The van der Waals surface area contributed by atoms with Crippen molar-refractivity contribution in [2.24, 2.45) is 0 Å². The van der Waals surface area contributed by atoms with E-state index in [2.05, 4.69) is 6.92 Å². The molecule has 2 atom stereocenters. The zero-order valence-electron chi connectivity index (χ0n) is 22.0. The van der Waals surface area contributed by atoms with Crippen molar-refractivity contribution in [3.63, 3.8) is 0 Å². The molecule has 8 nitrogen and oxygen atoms in total. The van der Waals surface area contributed by atoms with E-state index in [-0.39, 0.29) is 19.0 Å². The Labute approximate surface area is 212 Å². The molecule has 0 aliphatic carbocycles. The van der Waals surface area contributed by atoms with E-state index in [0.29, 0.717) is 11.0 Å². The maximum Gasteiger partial charge on any atom is 0.472 e. The van der Waals surface area contributed by atoms with E-state index >= 15 is 0 Å². The first-order chi connectivity index (χ1) is 16.1. The molecule has 2 N–H and O–H groups in total. The molecule has 204 valence electrons. The zero-order valence-corrected chi connectivity index (χ0v) is 23.8. The summed E-state index contributed by atoms with van der Waals surface area (Å²) in [6.07, 6.45) is 14.5. The molecule has 0 aromatic carbocycles. The fourth-order valence-electron chi connectivity index (χ4n) is 3.13. The summed E-state index contributed by atoms with van der Waals surface area (Å²) in [5, 5.41) is 9.81. The van der Waals surface area contributed by atoms with Gasteiger partial charge in [0.1, 0.15) is 25.9 Å². The molecule has 0 fully saturated rings. The predicted molar refractivity (Wildman–Crippen MR) is 140 cm³/mol. The average Bonchev–Trinajstić information content (AvgIpc) is 2.75. The Morgan fingerprint density at radius 3 is 1.94 bits per heavy atom. The van der Waals surface area contributed by atoms with E-state index in [9.17, 15) is 19.4 Å². The zero-order chi connectivity index (χ0) is 25.7. The number of aliphatic hydroxyl groups excluding tert-OH is 1. The second-order valence-corrected chi connectivity index (χ2v) is 12.4. The number of aliphatic hydroxyl groups is 1. The van der Waals surface area contributed by atoms with Crippen LogP contribution in [0.3, 0.4) is 0 Å². The molecule has 0 aliphatic rings. The maximum absolute atomic E-state index is 11.8. The Hall–Kier alpha value is -0.150. The molecule has 34 heavy (non-hydrogen) atoms. The lowest BCUT2D eigenvalue weighted by molar-refractivity contribution is -0.870. The van der Waals surface area contributed by atoms with Gasteiger partial charge in [-0.05, 0) is 12.2 Å². The Kier molecular flexibility index (Phi) is 20.9. The van der Waals surface area contributed by atoms with Crippen molar-refractivity contribution >= 4 is 25.6 Å². The van der Waals surface area contributed by atoms with Crippen LogP contribution in [0.25, 0.3) is 0 Å². The van der Waals surface area contributed by atoms with Gasteiger partial charge in [-0.3, -0.25) is 13.8 Å². The van der Waals surface area contributed by atoms with Crippen molar-refractivity contribution in [3.8, 4) is 0 Å². The Morgan fingerprint density at radius 1 is 0.882 bits per heavy atom. The van der Waals surface area contributed by atoms with Crippen molar-refractivity contribution in [2.45, 2.75) is 90.1 Å². The van der Waals surface area contributed by atoms with Gasteiger partial charge < -0.3 is 19.2 Å². The summed E-state index contributed by atoms with van der Waals surface area (Å²) in [6.45, 7) is 2.11. The quantitative estimate of drug-likeness (QED) is 0.0766. The number of phosphoric ester groups is 1. The minimum Gasteiger partial charge on any atom is -0.462 e. The first kappa shape index (κ1) is 33.8. The third kappa shape index (κ3) is 25.0. The lowest BCUT2D eigenvalue weighted by Gasteiger charge is -2.24. The first-order valence-corrected chi connectivity index (χ1v) is 15.5. The van der Waals surface area contributed by atoms with E-state index < -0.39 is 26.5 Å². The van der Waals surface area contributed by atoms with Gasteiger partial charge in [0.25, 0.3) is 0 Å². The Morgan fingerprint density at radius 2 is 1.41 bits per heavy atom. The number of likely N-dealkylation sites (N-methyl/N-ethyl adjacent to an activating group) is 1. The summed E-state index contributed by atoms with van der Waals surface area (Å²) < 4.78 is 27.0. The van der Waals surface area contributed by atoms with Gasteiger partial charge in [0.2, 0.25) is 0 Å². The van der Waals surface area contributed by atoms with Gasteiger partial charge in [-0.15, -0.1) is 0 Å². The second-order valence-electron chi connectivity index (χ2n) is 9.89. The third-order valence-corrected chi connectivity index (χ3v) is 7.25. The minimum absolute atomic E-state index is 0.0543. The highest BCUT2D eigenvalue weighted by Crippen LogP contribution is 2.43. The number of rotatable bonds is 24. The van der Waals surface area contributed by atoms with Crippen LogP contribution in [0.2, 0.25) is 0 Å².